The Morgan fingerprint density at radius 2 is 1.93 bits per heavy atom. The zero-order valence-electron chi connectivity index (χ0n) is 14.8. The molecule has 0 aliphatic rings. The number of rotatable bonds is 10. The zero-order valence-corrected chi connectivity index (χ0v) is 15.7. The first-order chi connectivity index (χ1) is 12.6. The second-order valence-corrected chi connectivity index (χ2v) is 6.27. The number of hydrogen-bond acceptors (Lipinski definition) is 7. The summed E-state index contributed by atoms with van der Waals surface area (Å²) in [7, 11) is 1.21. The lowest BCUT2D eigenvalue weighted by Gasteiger charge is -2.31. The van der Waals surface area contributed by atoms with E-state index in [0.29, 0.717) is 5.56 Å². The van der Waals surface area contributed by atoms with Crippen molar-refractivity contribution in [1.82, 2.24) is 5.32 Å². The number of nitrogens with one attached hydrogen (secondary N) is 1. The number of benzene rings is 1. The molecule has 0 unspecified atom stereocenters. The normalized spacial score (nSPS) is 15.3. The van der Waals surface area contributed by atoms with Crippen LogP contribution in [0.1, 0.15) is 22.8 Å². The number of carbonyl (C=O) groups excluding carboxylic acids is 2. The van der Waals surface area contributed by atoms with Crippen LogP contribution < -0.4 is 11.1 Å². The van der Waals surface area contributed by atoms with E-state index >= 15 is 0 Å². The van der Waals surface area contributed by atoms with E-state index in [1.165, 1.54) is 32.2 Å². The lowest BCUT2D eigenvalue weighted by Crippen LogP contribution is -2.67. The fourth-order valence-corrected chi connectivity index (χ4v) is 2.65. The molecule has 0 aliphatic heterocycles. The largest absolute Gasteiger partial charge is 0.479 e. The third-order valence-electron chi connectivity index (χ3n) is 4.13. The van der Waals surface area contributed by atoms with Gasteiger partial charge in [-0.05, 0) is 24.6 Å². The van der Waals surface area contributed by atoms with Crippen molar-refractivity contribution in [3.05, 3.63) is 35.4 Å². The highest BCUT2D eigenvalue weighted by Gasteiger charge is 2.50. The van der Waals surface area contributed by atoms with Gasteiger partial charge in [0.1, 0.15) is 0 Å². The summed E-state index contributed by atoms with van der Waals surface area (Å²) < 4.78 is 4.91. The first kappa shape index (κ1) is 22.6. The Kier molecular flexibility index (Phi) is 7.95. The summed E-state index contributed by atoms with van der Waals surface area (Å²) >= 11 is 3.99. The number of carbonyl (C=O) groups is 4. The lowest BCUT2D eigenvalue weighted by atomic mass is 9.85. The standard InChI is InChI=1S/C17H22N2O7S/c1-9(26-2)17(18,16(24)25)14(21)12(8-27)19-13(20)7-10-4-3-5-11(6-10)15(22)23/h3-6,9,12,27H,7-8,18H2,1-2H3,(H,19,20)(H,22,23)(H,24,25)/t9-,12+,17-/m1/s1. The van der Waals surface area contributed by atoms with E-state index in [0.717, 1.165) is 0 Å². The minimum atomic E-state index is -2.36. The highest BCUT2D eigenvalue weighted by atomic mass is 32.1. The molecule has 5 N–H and O–H groups in total. The highest BCUT2D eigenvalue weighted by molar-refractivity contribution is 7.80. The van der Waals surface area contributed by atoms with Crippen LogP contribution in [0.5, 0.6) is 0 Å². The molecular weight excluding hydrogens is 376 g/mol. The van der Waals surface area contributed by atoms with Gasteiger partial charge in [-0.25, -0.2) is 9.59 Å². The molecule has 9 nitrogen and oxygen atoms in total. The summed E-state index contributed by atoms with van der Waals surface area (Å²) in [6.07, 6.45) is -1.35. The summed E-state index contributed by atoms with van der Waals surface area (Å²) in [5.41, 5.74) is 3.84. The van der Waals surface area contributed by atoms with Gasteiger partial charge in [-0.15, -0.1) is 0 Å². The Labute approximate surface area is 161 Å². The van der Waals surface area contributed by atoms with Crippen LogP contribution in [0.4, 0.5) is 0 Å². The fourth-order valence-electron chi connectivity index (χ4n) is 2.39. The van der Waals surface area contributed by atoms with E-state index in [4.69, 9.17) is 15.6 Å². The molecule has 1 aromatic rings. The van der Waals surface area contributed by atoms with Gasteiger partial charge in [0.2, 0.25) is 11.4 Å². The number of nitrogens with two attached hydrogens (primary N) is 1. The molecule has 0 fully saturated rings. The Morgan fingerprint density at radius 3 is 2.41 bits per heavy atom. The molecule has 0 bridgehead atoms. The number of hydrogen-bond donors (Lipinski definition) is 5. The van der Waals surface area contributed by atoms with Crippen LogP contribution in [-0.2, 0) is 25.5 Å². The van der Waals surface area contributed by atoms with Crippen LogP contribution in [0.3, 0.4) is 0 Å². The molecule has 0 saturated heterocycles. The van der Waals surface area contributed by atoms with Crippen molar-refractivity contribution >= 4 is 36.3 Å². The number of methoxy groups -OCH3 is 1. The van der Waals surface area contributed by atoms with Crippen LogP contribution in [0.15, 0.2) is 24.3 Å². The van der Waals surface area contributed by atoms with Crippen LogP contribution in [0.2, 0.25) is 0 Å². The van der Waals surface area contributed by atoms with Gasteiger partial charge in [0.15, 0.2) is 5.78 Å². The Balaban J connectivity index is 2.95. The van der Waals surface area contributed by atoms with Crippen molar-refractivity contribution < 1.29 is 34.1 Å². The first-order valence-corrected chi connectivity index (χ1v) is 8.53. The van der Waals surface area contributed by atoms with Crippen molar-refractivity contribution in [2.45, 2.75) is 31.0 Å². The number of ether oxygens (including phenoxy) is 1. The van der Waals surface area contributed by atoms with Gasteiger partial charge in [-0.3, -0.25) is 9.59 Å². The third-order valence-corrected chi connectivity index (χ3v) is 4.49. The van der Waals surface area contributed by atoms with Crippen LogP contribution in [0.25, 0.3) is 0 Å². The van der Waals surface area contributed by atoms with Gasteiger partial charge < -0.3 is 26.0 Å². The summed E-state index contributed by atoms with van der Waals surface area (Å²) in [5, 5.41) is 20.8. The van der Waals surface area contributed by atoms with Crippen LogP contribution in [0, 0.1) is 0 Å². The predicted octanol–water partition coefficient (Wildman–Crippen LogP) is -0.272. The van der Waals surface area contributed by atoms with E-state index < -0.39 is 41.3 Å². The third kappa shape index (κ3) is 5.28. The van der Waals surface area contributed by atoms with Crippen LogP contribution >= 0.6 is 12.6 Å². The van der Waals surface area contributed by atoms with E-state index in [1.54, 1.807) is 6.07 Å². The SMILES string of the molecule is CO[C@H](C)[C@](N)(C(=O)O)C(=O)[C@H](CS)NC(=O)Cc1cccc(C(=O)O)c1. The maximum Gasteiger partial charge on any atom is 0.335 e. The van der Waals surface area contributed by atoms with Gasteiger partial charge in [-0.1, -0.05) is 12.1 Å². The molecule has 10 heteroatoms. The molecule has 0 spiro atoms. The van der Waals surface area contributed by atoms with Gasteiger partial charge in [0, 0.05) is 12.9 Å². The second kappa shape index (κ2) is 9.49. The average molecular weight is 398 g/mol. The highest BCUT2D eigenvalue weighted by Crippen LogP contribution is 2.16. The Hall–Kier alpha value is -2.43. The van der Waals surface area contributed by atoms with E-state index in [9.17, 15) is 24.3 Å². The summed E-state index contributed by atoms with van der Waals surface area (Å²) in [4.78, 5) is 47.4. The first-order valence-electron chi connectivity index (χ1n) is 7.89. The van der Waals surface area contributed by atoms with Gasteiger partial charge in [-0.2, -0.15) is 12.6 Å². The Morgan fingerprint density at radius 1 is 1.30 bits per heavy atom. The molecule has 1 aromatic carbocycles. The number of Topliss-reactive ketones (excluding diaryl/α,β-unsaturated/α-hetero) is 1. The smallest absolute Gasteiger partial charge is 0.335 e. The number of amides is 1. The Bertz CT molecular complexity index is 740. The molecule has 0 saturated carbocycles. The molecule has 0 aliphatic carbocycles. The minimum absolute atomic E-state index is 0.0166. The minimum Gasteiger partial charge on any atom is -0.479 e. The summed E-state index contributed by atoms with van der Waals surface area (Å²) in [6.45, 7) is 1.33. The quantitative estimate of drug-likeness (QED) is 0.266. The monoisotopic (exact) mass is 398 g/mol. The average Bonchev–Trinajstić information content (AvgIpc) is 2.63. The van der Waals surface area contributed by atoms with Crippen molar-refractivity contribution in [3.8, 4) is 0 Å². The second-order valence-electron chi connectivity index (χ2n) is 5.90. The van der Waals surface area contributed by atoms with Crippen LogP contribution in [-0.4, -0.2) is 64.4 Å². The number of aliphatic carboxylic acids is 1. The fraction of sp³-hybridized carbons (Fsp3) is 0.412. The van der Waals surface area contributed by atoms with Crippen molar-refractivity contribution in [3.63, 3.8) is 0 Å². The topological polar surface area (TPSA) is 156 Å². The molecule has 1 amide bonds. The van der Waals surface area contributed by atoms with E-state index in [2.05, 4.69) is 17.9 Å². The maximum atomic E-state index is 12.6. The van der Waals surface area contributed by atoms with Gasteiger partial charge >= 0.3 is 11.9 Å². The maximum absolute atomic E-state index is 12.6. The van der Waals surface area contributed by atoms with E-state index in [1.807, 2.05) is 0 Å². The summed E-state index contributed by atoms with van der Waals surface area (Å²) in [5.74, 6) is -4.46. The molecule has 0 radical (unpaired) electrons. The number of aromatic carboxylic acids is 1. The van der Waals surface area contributed by atoms with E-state index in [-0.39, 0.29) is 17.7 Å². The molecule has 27 heavy (non-hydrogen) atoms. The molecular formula is C17H22N2O7S. The molecule has 3 atom stereocenters. The molecule has 148 valence electrons. The predicted molar refractivity (Wildman–Crippen MR) is 98.9 cm³/mol. The summed E-state index contributed by atoms with van der Waals surface area (Å²) in [6, 6.07) is 4.49. The molecule has 0 heterocycles. The van der Waals surface area contributed by atoms with Crippen molar-refractivity contribution in [2.75, 3.05) is 12.9 Å². The number of carboxylic acids is 2. The molecule has 1 rings (SSSR count). The van der Waals surface area contributed by atoms with Crippen molar-refractivity contribution in [2.24, 2.45) is 5.73 Å². The van der Waals surface area contributed by atoms with Gasteiger partial charge in [0.05, 0.1) is 24.1 Å². The number of carboxylic acid groups (broad SMARTS) is 2. The number of ketones is 1. The van der Waals surface area contributed by atoms with Crippen molar-refractivity contribution in [1.29, 1.82) is 0 Å². The molecule has 0 aromatic heterocycles. The van der Waals surface area contributed by atoms with Gasteiger partial charge in [0.25, 0.3) is 0 Å². The number of thiol groups is 1. The zero-order chi connectivity index (χ0) is 20.8. The lowest BCUT2D eigenvalue weighted by molar-refractivity contribution is -0.155.